The molecule has 2 aromatic rings. The molecule has 5 nitrogen and oxygen atoms in total. The summed E-state index contributed by atoms with van der Waals surface area (Å²) >= 11 is 0. The highest BCUT2D eigenvalue weighted by atomic mass is 16.5. The molecule has 4 rings (SSSR count). The van der Waals surface area contributed by atoms with Crippen LogP contribution in [-0.2, 0) is 11.3 Å². The van der Waals surface area contributed by atoms with Crippen LogP contribution in [0.25, 0.3) is 11.4 Å². The fourth-order valence-electron chi connectivity index (χ4n) is 3.04. The summed E-state index contributed by atoms with van der Waals surface area (Å²) in [5.74, 6) is 0.692. The average Bonchev–Trinajstić information content (AvgIpc) is 2.89. The van der Waals surface area contributed by atoms with E-state index in [0.717, 1.165) is 18.6 Å². The Balaban J connectivity index is 1.48. The van der Waals surface area contributed by atoms with Crippen LogP contribution in [0.15, 0.2) is 18.2 Å². The number of aryl methyl sites for hydroxylation is 2. The summed E-state index contributed by atoms with van der Waals surface area (Å²) in [5, 5.41) is 12.8. The van der Waals surface area contributed by atoms with Gasteiger partial charge >= 0.3 is 0 Å². The van der Waals surface area contributed by atoms with E-state index in [4.69, 9.17) is 4.74 Å². The molecule has 1 saturated carbocycles. The molecule has 21 heavy (non-hydrogen) atoms. The zero-order chi connectivity index (χ0) is 14.4. The maximum atomic E-state index is 5.86. The van der Waals surface area contributed by atoms with Crippen LogP contribution in [0.2, 0.25) is 0 Å². The van der Waals surface area contributed by atoms with Crippen LogP contribution in [-0.4, -0.2) is 32.9 Å². The summed E-state index contributed by atoms with van der Waals surface area (Å²) in [6.45, 7) is 5.83. The predicted molar refractivity (Wildman–Crippen MR) is 78.8 cm³/mol. The lowest BCUT2D eigenvalue weighted by atomic mass is 10.0. The van der Waals surface area contributed by atoms with E-state index in [-0.39, 0.29) is 6.10 Å². The van der Waals surface area contributed by atoms with Crippen LogP contribution in [0.4, 0.5) is 0 Å². The van der Waals surface area contributed by atoms with Gasteiger partial charge < -0.3 is 4.74 Å². The lowest BCUT2D eigenvalue weighted by Crippen LogP contribution is -2.17. The second kappa shape index (κ2) is 4.63. The minimum Gasteiger partial charge on any atom is -0.376 e. The van der Waals surface area contributed by atoms with Crippen molar-refractivity contribution in [2.24, 2.45) is 5.41 Å². The van der Waals surface area contributed by atoms with E-state index >= 15 is 0 Å². The van der Waals surface area contributed by atoms with Crippen LogP contribution in [0.1, 0.15) is 30.4 Å². The number of hydrogen-bond donors (Lipinski definition) is 0. The van der Waals surface area contributed by atoms with Gasteiger partial charge in [0.1, 0.15) is 0 Å². The van der Waals surface area contributed by atoms with Crippen molar-refractivity contribution in [3.63, 3.8) is 0 Å². The Kier molecular flexibility index (Phi) is 2.85. The van der Waals surface area contributed by atoms with Crippen LogP contribution in [0.5, 0.6) is 0 Å². The molecule has 2 aliphatic rings. The second-order valence-corrected chi connectivity index (χ2v) is 6.60. The number of ether oxygens (including phenoxy) is 1. The first-order valence-electron chi connectivity index (χ1n) is 7.61. The van der Waals surface area contributed by atoms with Crippen molar-refractivity contribution < 1.29 is 4.74 Å². The molecule has 1 aromatic carbocycles. The normalized spacial score (nSPS) is 22.9. The number of hydrogen-bond acceptors (Lipinski definition) is 4. The summed E-state index contributed by atoms with van der Waals surface area (Å²) in [4.78, 5) is 1.68. The van der Waals surface area contributed by atoms with Gasteiger partial charge in [0.25, 0.3) is 0 Å². The van der Waals surface area contributed by atoms with Crippen LogP contribution >= 0.6 is 0 Å². The van der Waals surface area contributed by atoms with Gasteiger partial charge in [-0.05, 0) is 60.9 Å². The molecule has 2 fully saturated rings. The van der Waals surface area contributed by atoms with Gasteiger partial charge in [-0.3, -0.25) is 0 Å². The van der Waals surface area contributed by atoms with E-state index in [1.807, 2.05) is 0 Å². The Morgan fingerprint density at radius 2 is 2.14 bits per heavy atom. The number of nitrogens with zero attached hydrogens (tertiary/aromatic N) is 4. The predicted octanol–water partition coefficient (Wildman–Crippen LogP) is 2.53. The fourth-order valence-corrected chi connectivity index (χ4v) is 3.04. The standard InChI is InChI=1S/C16H20N4O/c1-11-3-4-13(7-12(11)2)15-17-19-20(18-15)9-14-8-16(5-6-16)10-21-14/h3-4,7,14H,5-6,8-10H2,1-2H3. The average molecular weight is 284 g/mol. The van der Waals surface area contributed by atoms with E-state index in [0.29, 0.717) is 17.8 Å². The molecule has 1 aliphatic heterocycles. The Hall–Kier alpha value is -1.75. The molecule has 0 radical (unpaired) electrons. The van der Waals surface area contributed by atoms with Crippen molar-refractivity contribution in [1.29, 1.82) is 0 Å². The summed E-state index contributed by atoms with van der Waals surface area (Å²) in [6.07, 6.45) is 4.03. The van der Waals surface area contributed by atoms with E-state index in [9.17, 15) is 0 Å². The minimum absolute atomic E-state index is 0.245. The van der Waals surface area contributed by atoms with Crippen LogP contribution in [0.3, 0.4) is 0 Å². The molecule has 0 N–H and O–H groups in total. The highest BCUT2D eigenvalue weighted by Crippen LogP contribution is 2.53. The lowest BCUT2D eigenvalue weighted by molar-refractivity contribution is 0.0855. The lowest BCUT2D eigenvalue weighted by Gasteiger charge is -2.07. The molecule has 0 bridgehead atoms. The van der Waals surface area contributed by atoms with Gasteiger partial charge in [0.05, 0.1) is 19.3 Å². The van der Waals surface area contributed by atoms with E-state index < -0.39 is 0 Å². The Morgan fingerprint density at radius 3 is 2.86 bits per heavy atom. The summed E-state index contributed by atoms with van der Waals surface area (Å²) in [6, 6.07) is 6.26. The largest absolute Gasteiger partial charge is 0.376 e. The zero-order valence-corrected chi connectivity index (χ0v) is 12.5. The summed E-state index contributed by atoms with van der Waals surface area (Å²) in [5.41, 5.74) is 4.05. The smallest absolute Gasteiger partial charge is 0.204 e. The van der Waals surface area contributed by atoms with Gasteiger partial charge in [0.15, 0.2) is 0 Å². The third kappa shape index (κ3) is 2.46. The van der Waals surface area contributed by atoms with Crippen molar-refractivity contribution in [1.82, 2.24) is 20.2 Å². The zero-order valence-electron chi connectivity index (χ0n) is 12.5. The first-order valence-corrected chi connectivity index (χ1v) is 7.61. The van der Waals surface area contributed by atoms with Gasteiger partial charge in [0.2, 0.25) is 5.82 Å². The van der Waals surface area contributed by atoms with Gasteiger partial charge in [-0.25, -0.2) is 0 Å². The van der Waals surface area contributed by atoms with Crippen molar-refractivity contribution in [2.45, 2.75) is 45.8 Å². The maximum absolute atomic E-state index is 5.86. The highest BCUT2D eigenvalue weighted by molar-refractivity contribution is 5.56. The van der Waals surface area contributed by atoms with Crippen molar-refractivity contribution >= 4 is 0 Å². The quantitative estimate of drug-likeness (QED) is 0.869. The van der Waals surface area contributed by atoms with Gasteiger partial charge in [0, 0.05) is 5.56 Å². The number of tetrazole rings is 1. The Bertz CT molecular complexity index is 675. The molecule has 2 heterocycles. The third-order valence-corrected chi connectivity index (χ3v) is 4.83. The van der Waals surface area contributed by atoms with Crippen molar-refractivity contribution in [3.8, 4) is 11.4 Å². The van der Waals surface area contributed by atoms with E-state index in [1.165, 1.54) is 24.0 Å². The first-order chi connectivity index (χ1) is 10.1. The van der Waals surface area contributed by atoms with Gasteiger partial charge in [-0.2, -0.15) is 4.80 Å². The summed E-state index contributed by atoms with van der Waals surface area (Å²) in [7, 11) is 0. The molecule has 1 aliphatic carbocycles. The number of aromatic nitrogens is 4. The van der Waals surface area contributed by atoms with Crippen molar-refractivity contribution in [2.75, 3.05) is 6.61 Å². The molecule has 0 amide bonds. The molecule has 1 saturated heterocycles. The van der Waals surface area contributed by atoms with Crippen LogP contribution < -0.4 is 0 Å². The summed E-state index contributed by atoms with van der Waals surface area (Å²) < 4.78 is 5.86. The highest BCUT2D eigenvalue weighted by Gasteiger charge is 2.49. The SMILES string of the molecule is Cc1ccc(-c2nnn(CC3CC4(CC4)CO3)n2)cc1C. The number of rotatable bonds is 3. The maximum Gasteiger partial charge on any atom is 0.204 e. The third-order valence-electron chi connectivity index (χ3n) is 4.83. The Labute approximate surface area is 124 Å². The topological polar surface area (TPSA) is 52.8 Å². The van der Waals surface area contributed by atoms with Crippen molar-refractivity contribution in [3.05, 3.63) is 29.3 Å². The fraction of sp³-hybridized carbons (Fsp3) is 0.562. The van der Waals surface area contributed by atoms with Crippen LogP contribution in [0, 0.1) is 19.3 Å². The molecular weight excluding hydrogens is 264 g/mol. The monoisotopic (exact) mass is 284 g/mol. The van der Waals surface area contributed by atoms with E-state index in [2.05, 4.69) is 47.5 Å². The molecule has 110 valence electrons. The molecular formula is C16H20N4O. The van der Waals surface area contributed by atoms with Gasteiger partial charge in [-0.15, -0.1) is 10.2 Å². The Morgan fingerprint density at radius 1 is 1.29 bits per heavy atom. The molecule has 1 atom stereocenters. The molecule has 1 spiro atoms. The number of benzene rings is 1. The first kappa shape index (κ1) is 13.0. The van der Waals surface area contributed by atoms with E-state index in [1.54, 1.807) is 4.80 Å². The second-order valence-electron chi connectivity index (χ2n) is 6.60. The molecule has 1 aromatic heterocycles. The van der Waals surface area contributed by atoms with Gasteiger partial charge in [-0.1, -0.05) is 12.1 Å². The minimum atomic E-state index is 0.245. The molecule has 5 heteroatoms. The molecule has 1 unspecified atom stereocenters.